The highest BCUT2D eigenvalue weighted by Gasteiger charge is 2.15. The first-order valence-electron chi connectivity index (χ1n) is 6.15. The molecule has 0 saturated heterocycles. The molecule has 0 spiro atoms. The minimum absolute atomic E-state index is 0.375. The first-order valence-corrected chi connectivity index (χ1v) is 8.93. The van der Waals surface area contributed by atoms with Crippen molar-refractivity contribution in [3.63, 3.8) is 0 Å². The van der Waals surface area contributed by atoms with E-state index in [1.807, 2.05) is 12.1 Å². The van der Waals surface area contributed by atoms with Gasteiger partial charge in [-0.3, -0.25) is 4.68 Å². The van der Waals surface area contributed by atoms with E-state index in [0.717, 1.165) is 9.83 Å². The van der Waals surface area contributed by atoms with Crippen molar-refractivity contribution in [3.8, 4) is 0 Å². The molecule has 3 aromatic rings. The molecule has 1 unspecified atom stereocenters. The third kappa shape index (κ3) is 2.88. The van der Waals surface area contributed by atoms with E-state index in [-0.39, 0.29) is 0 Å². The first kappa shape index (κ1) is 14.0. The third-order valence-electron chi connectivity index (χ3n) is 2.86. The van der Waals surface area contributed by atoms with E-state index in [2.05, 4.69) is 20.4 Å². The number of rotatable bonds is 4. The van der Waals surface area contributed by atoms with Gasteiger partial charge in [0.15, 0.2) is 10.8 Å². The number of anilines is 1. The Morgan fingerprint density at radius 3 is 3.05 bits per heavy atom. The largest absolute Gasteiger partial charge is 0.356 e. The Bertz CT molecular complexity index is 863. The van der Waals surface area contributed by atoms with E-state index >= 15 is 0 Å². The van der Waals surface area contributed by atoms with Gasteiger partial charge in [-0.25, -0.2) is 19.0 Å². The molecule has 3 rings (SSSR count). The number of aromatic nitrogens is 4. The fourth-order valence-corrected chi connectivity index (χ4v) is 3.70. The molecule has 7 nitrogen and oxygen atoms in total. The molecule has 0 fully saturated rings. The summed E-state index contributed by atoms with van der Waals surface area (Å²) in [6.45, 7) is 0.375. The molecule has 0 bridgehead atoms. The zero-order valence-electron chi connectivity index (χ0n) is 11.5. The molecule has 21 heavy (non-hydrogen) atoms. The molecule has 0 aliphatic carbocycles. The first-order chi connectivity index (χ1) is 9.93. The van der Waals surface area contributed by atoms with Gasteiger partial charge in [-0.1, -0.05) is 11.3 Å². The Morgan fingerprint density at radius 1 is 1.52 bits per heavy atom. The number of nitrogens with one attached hydrogen (secondary N) is 2. The molecule has 0 amide bonds. The van der Waals surface area contributed by atoms with Crippen LogP contribution in [0.3, 0.4) is 0 Å². The Hall–Kier alpha value is -2.00. The second kappa shape index (κ2) is 5.08. The highest BCUT2D eigenvalue weighted by Crippen LogP contribution is 2.24. The number of fused-ring (bicyclic) bond motifs is 1. The van der Waals surface area contributed by atoms with Gasteiger partial charge in [0.1, 0.15) is 0 Å². The van der Waals surface area contributed by atoms with Crippen LogP contribution in [0.1, 0.15) is 5.69 Å². The van der Waals surface area contributed by atoms with E-state index in [1.54, 1.807) is 24.1 Å². The van der Waals surface area contributed by atoms with Crippen LogP contribution in [-0.2, 0) is 23.3 Å². The second-order valence-corrected chi connectivity index (χ2v) is 7.81. The highest BCUT2D eigenvalue weighted by molar-refractivity contribution is 7.91. The predicted molar refractivity (Wildman–Crippen MR) is 83.0 cm³/mol. The summed E-state index contributed by atoms with van der Waals surface area (Å²) in [5, 5.41) is 8.15. The highest BCUT2D eigenvalue weighted by atomic mass is 32.2. The monoisotopic (exact) mass is 322 g/mol. The minimum Gasteiger partial charge on any atom is -0.356 e. The molecule has 0 radical (unpaired) electrons. The number of thiazole rings is 1. The van der Waals surface area contributed by atoms with Crippen LogP contribution in [0.5, 0.6) is 0 Å². The molecule has 1 atom stereocenters. The maximum absolute atomic E-state index is 11.9. The second-order valence-electron chi connectivity index (χ2n) is 4.66. The Balaban J connectivity index is 1.85. The Morgan fingerprint density at radius 2 is 2.33 bits per heavy atom. The summed E-state index contributed by atoms with van der Waals surface area (Å²) in [6, 6.07) is 3.83. The summed E-state index contributed by atoms with van der Waals surface area (Å²) in [4.78, 5) is 9.01. The fraction of sp³-hybridized carbons (Fsp3) is 0.250. The Labute approximate surface area is 126 Å². The average molecular weight is 322 g/mol. The van der Waals surface area contributed by atoms with Gasteiger partial charge >= 0.3 is 0 Å². The van der Waals surface area contributed by atoms with E-state index < -0.39 is 9.73 Å². The lowest BCUT2D eigenvalue weighted by Gasteiger charge is -2.02. The molecule has 2 N–H and O–H groups in total. The average Bonchev–Trinajstić information content (AvgIpc) is 2.98. The SMILES string of the molecule is Cn1cc(S(C)(=N)=O)c(CNc2nc3ncccc3s2)n1. The lowest BCUT2D eigenvalue weighted by molar-refractivity contribution is 0.678. The van der Waals surface area contributed by atoms with Crippen LogP contribution in [-0.4, -0.2) is 30.2 Å². The predicted octanol–water partition coefficient (Wildman–Crippen LogP) is 2.07. The van der Waals surface area contributed by atoms with Crippen molar-refractivity contribution in [3.05, 3.63) is 30.2 Å². The van der Waals surface area contributed by atoms with Crippen molar-refractivity contribution in [2.75, 3.05) is 11.6 Å². The molecule has 3 heterocycles. The Kier molecular flexibility index (Phi) is 3.38. The van der Waals surface area contributed by atoms with Crippen molar-refractivity contribution in [2.45, 2.75) is 11.4 Å². The molecule has 0 aliphatic heterocycles. The zero-order valence-corrected chi connectivity index (χ0v) is 13.2. The van der Waals surface area contributed by atoms with E-state index in [0.29, 0.717) is 22.8 Å². The zero-order chi connectivity index (χ0) is 15.0. The van der Waals surface area contributed by atoms with Crippen molar-refractivity contribution >= 4 is 36.5 Å². The van der Waals surface area contributed by atoms with E-state index in [4.69, 9.17) is 4.78 Å². The summed E-state index contributed by atoms with van der Waals surface area (Å²) in [7, 11) is -1.04. The molecule has 9 heteroatoms. The molecule has 3 aromatic heterocycles. The van der Waals surface area contributed by atoms with Gasteiger partial charge in [0.2, 0.25) is 0 Å². The number of aryl methyl sites for hydroxylation is 1. The van der Waals surface area contributed by atoms with Crippen LogP contribution >= 0.6 is 11.3 Å². The summed E-state index contributed by atoms with van der Waals surface area (Å²) in [5.74, 6) is 0. The number of hydrogen-bond acceptors (Lipinski definition) is 7. The van der Waals surface area contributed by atoms with Crippen molar-refractivity contribution < 1.29 is 4.21 Å². The van der Waals surface area contributed by atoms with Gasteiger partial charge in [0.25, 0.3) is 0 Å². The van der Waals surface area contributed by atoms with Crippen molar-refractivity contribution in [2.24, 2.45) is 7.05 Å². The lowest BCUT2D eigenvalue weighted by atomic mass is 10.4. The van der Waals surface area contributed by atoms with Gasteiger partial charge in [0.05, 0.1) is 31.6 Å². The topological polar surface area (TPSA) is 96.6 Å². The number of nitrogens with zero attached hydrogens (tertiary/aromatic N) is 4. The quantitative estimate of drug-likeness (QED) is 0.766. The smallest absolute Gasteiger partial charge is 0.185 e. The lowest BCUT2D eigenvalue weighted by Crippen LogP contribution is -2.05. The van der Waals surface area contributed by atoms with Crippen molar-refractivity contribution in [1.82, 2.24) is 19.7 Å². The standard InChI is InChI=1S/C12H14N6OS2/c1-18-7-10(21(2,13)19)8(17-18)6-15-12-16-11-9(20-12)4-3-5-14-11/h3-5,7,13H,6H2,1-2H3,(H,14,15,16). The van der Waals surface area contributed by atoms with Crippen LogP contribution in [0.25, 0.3) is 10.3 Å². The molecular formula is C12H14N6OS2. The van der Waals surface area contributed by atoms with Gasteiger partial charge in [-0.2, -0.15) is 5.10 Å². The number of hydrogen-bond donors (Lipinski definition) is 2. The van der Waals surface area contributed by atoms with E-state index in [9.17, 15) is 4.21 Å². The fourth-order valence-electron chi connectivity index (χ4n) is 1.96. The van der Waals surface area contributed by atoms with Gasteiger partial charge < -0.3 is 5.32 Å². The molecular weight excluding hydrogens is 308 g/mol. The van der Waals surface area contributed by atoms with Gasteiger partial charge in [0, 0.05) is 25.7 Å². The molecule has 0 aliphatic rings. The molecule has 0 aromatic carbocycles. The summed E-state index contributed by atoms with van der Waals surface area (Å²) < 4.78 is 22.2. The molecule has 0 saturated carbocycles. The summed E-state index contributed by atoms with van der Waals surface area (Å²) in [6.07, 6.45) is 4.73. The van der Waals surface area contributed by atoms with Gasteiger partial charge in [-0.15, -0.1) is 0 Å². The van der Waals surface area contributed by atoms with E-state index in [1.165, 1.54) is 17.6 Å². The molecule has 110 valence electrons. The normalized spacial score (nSPS) is 14.2. The summed E-state index contributed by atoms with van der Waals surface area (Å²) >= 11 is 1.50. The minimum atomic E-state index is -2.79. The van der Waals surface area contributed by atoms with Gasteiger partial charge in [-0.05, 0) is 12.1 Å². The van der Waals surface area contributed by atoms with Crippen LogP contribution in [0, 0.1) is 4.78 Å². The van der Waals surface area contributed by atoms with Crippen molar-refractivity contribution in [1.29, 1.82) is 4.78 Å². The maximum atomic E-state index is 11.9. The van der Waals surface area contributed by atoms with Crippen LogP contribution in [0.2, 0.25) is 0 Å². The summed E-state index contributed by atoms with van der Waals surface area (Å²) in [5.41, 5.74) is 1.30. The van der Waals surface area contributed by atoms with Crippen LogP contribution < -0.4 is 5.32 Å². The maximum Gasteiger partial charge on any atom is 0.185 e. The number of pyridine rings is 1. The van der Waals surface area contributed by atoms with Crippen LogP contribution in [0.4, 0.5) is 5.13 Å². The third-order valence-corrected chi connectivity index (χ3v) is 5.01. The van der Waals surface area contributed by atoms with Crippen LogP contribution in [0.15, 0.2) is 29.4 Å².